The van der Waals surface area contributed by atoms with Crippen molar-refractivity contribution in [3.63, 3.8) is 0 Å². The molecule has 1 saturated carbocycles. The first-order chi connectivity index (χ1) is 9.63. The van der Waals surface area contributed by atoms with E-state index in [4.69, 9.17) is 11.6 Å². The molecule has 2 aromatic rings. The van der Waals surface area contributed by atoms with Gasteiger partial charge in [-0.15, -0.1) is 0 Å². The van der Waals surface area contributed by atoms with Crippen LogP contribution in [0, 0.1) is 13.8 Å². The first-order valence-electron chi connectivity index (χ1n) is 7.23. The first-order valence-corrected chi connectivity index (χ1v) is 7.61. The van der Waals surface area contributed by atoms with E-state index in [0.29, 0.717) is 0 Å². The van der Waals surface area contributed by atoms with Crippen LogP contribution >= 0.6 is 11.6 Å². The Bertz CT molecular complexity index is 629. The van der Waals surface area contributed by atoms with Crippen molar-refractivity contribution in [2.24, 2.45) is 0 Å². The molecule has 0 unspecified atom stereocenters. The van der Waals surface area contributed by atoms with E-state index in [1.807, 2.05) is 0 Å². The minimum Gasteiger partial charge on any atom is -0.310 e. The number of nitrogens with one attached hydrogen (secondary N) is 1. The lowest BCUT2D eigenvalue weighted by atomic mass is 9.99. The van der Waals surface area contributed by atoms with Crippen molar-refractivity contribution in [3.05, 3.63) is 58.1 Å². The van der Waals surface area contributed by atoms with Crippen LogP contribution in [0.25, 0.3) is 11.1 Å². The second-order valence-electron chi connectivity index (χ2n) is 5.77. The van der Waals surface area contributed by atoms with Gasteiger partial charge in [-0.1, -0.05) is 41.9 Å². The third-order valence-electron chi connectivity index (χ3n) is 4.02. The van der Waals surface area contributed by atoms with Crippen LogP contribution in [0.4, 0.5) is 0 Å². The Morgan fingerprint density at radius 1 is 1.05 bits per heavy atom. The van der Waals surface area contributed by atoms with Crippen LogP contribution < -0.4 is 5.32 Å². The normalized spacial score (nSPS) is 14.6. The number of hydrogen-bond donors (Lipinski definition) is 1. The molecule has 1 N–H and O–H groups in total. The molecule has 2 heteroatoms. The highest BCUT2D eigenvalue weighted by Gasteiger charge is 2.20. The van der Waals surface area contributed by atoms with Crippen molar-refractivity contribution in [3.8, 4) is 11.1 Å². The third-order valence-corrected chi connectivity index (χ3v) is 4.34. The maximum atomic E-state index is 6.46. The predicted molar refractivity (Wildman–Crippen MR) is 86.2 cm³/mol. The molecule has 1 fully saturated rings. The van der Waals surface area contributed by atoms with Gasteiger partial charge in [0.2, 0.25) is 0 Å². The lowest BCUT2D eigenvalue weighted by Gasteiger charge is -2.10. The van der Waals surface area contributed by atoms with E-state index in [1.165, 1.54) is 35.1 Å². The van der Waals surface area contributed by atoms with Gasteiger partial charge in [0, 0.05) is 23.2 Å². The molecule has 3 rings (SSSR count). The maximum Gasteiger partial charge on any atom is 0.0487 e. The van der Waals surface area contributed by atoms with E-state index in [0.717, 1.165) is 23.2 Å². The Morgan fingerprint density at radius 3 is 2.50 bits per heavy atom. The largest absolute Gasteiger partial charge is 0.310 e. The van der Waals surface area contributed by atoms with E-state index in [9.17, 15) is 0 Å². The van der Waals surface area contributed by atoms with Crippen LogP contribution in [0.2, 0.25) is 5.02 Å². The molecule has 0 amide bonds. The molecule has 0 spiro atoms. The third kappa shape index (κ3) is 3.05. The Balaban J connectivity index is 1.83. The molecule has 0 aromatic heterocycles. The van der Waals surface area contributed by atoms with Crippen molar-refractivity contribution in [2.45, 2.75) is 39.3 Å². The van der Waals surface area contributed by atoms with E-state index in [-0.39, 0.29) is 0 Å². The lowest BCUT2D eigenvalue weighted by Crippen LogP contribution is -2.15. The summed E-state index contributed by atoms with van der Waals surface area (Å²) in [5.74, 6) is 0. The van der Waals surface area contributed by atoms with Gasteiger partial charge in [0.25, 0.3) is 0 Å². The molecule has 1 aliphatic carbocycles. The zero-order chi connectivity index (χ0) is 14.1. The smallest absolute Gasteiger partial charge is 0.0487 e. The van der Waals surface area contributed by atoms with Crippen LogP contribution in [0.3, 0.4) is 0 Å². The fraction of sp³-hybridized carbons (Fsp3) is 0.333. The van der Waals surface area contributed by atoms with Crippen molar-refractivity contribution < 1.29 is 0 Å². The van der Waals surface area contributed by atoms with Gasteiger partial charge in [0.1, 0.15) is 0 Å². The highest BCUT2D eigenvalue weighted by molar-refractivity contribution is 6.33. The topological polar surface area (TPSA) is 12.0 Å². The number of halogens is 1. The molecule has 0 radical (unpaired) electrons. The van der Waals surface area contributed by atoms with Gasteiger partial charge in [0.05, 0.1) is 0 Å². The highest BCUT2D eigenvalue weighted by Crippen LogP contribution is 2.30. The van der Waals surface area contributed by atoms with E-state index in [2.05, 4.69) is 55.6 Å². The van der Waals surface area contributed by atoms with Crippen LogP contribution in [0.15, 0.2) is 36.4 Å². The minimum atomic E-state index is 0.730. The molecule has 0 bridgehead atoms. The minimum absolute atomic E-state index is 0.730. The molecule has 0 heterocycles. The summed E-state index contributed by atoms with van der Waals surface area (Å²) >= 11 is 6.46. The second-order valence-corrected chi connectivity index (χ2v) is 6.18. The molecule has 0 saturated heterocycles. The van der Waals surface area contributed by atoms with Gasteiger partial charge < -0.3 is 5.32 Å². The number of hydrogen-bond acceptors (Lipinski definition) is 1. The summed E-state index contributed by atoms with van der Waals surface area (Å²) in [5.41, 5.74) is 6.19. The summed E-state index contributed by atoms with van der Waals surface area (Å²) < 4.78 is 0. The molecule has 104 valence electrons. The Labute approximate surface area is 126 Å². The standard InChI is InChI=1S/C18H20ClN/c1-12-3-5-15(9-13(12)2)17-8-4-14(10-18(17)19)11-20-16-6-7-16/h3-5,8-10,16,20H,6-7,11H2,1-2H3. The van der Waals surface area contributed by atoms with Crippen molar-refractivity contribution in [1.82, 2.24) is 5.32 Å². The summed E-state index contributed by atoms with van der Waals surface area (Å²) in [4.78, 5) is 0. The number of rotatable bonds is 4. The molecular formula is C18H20ClN. The second kappa shape index (κ2) is 5.59. The van der Waals surface area contributed by atoms with Crippen molar-refractivity contribution >= 4 is 11.6 Å². The quantitative estimate of drug-likeness (QED) is 0.844. The van der Waals surface area contributed by atoms with Crippen molar-refractivity contribution in [1.29, 1.82) is 0 Å². The summed E-state index contributed by atoms with van der Waals surface area (Å²) in [6, 6.07) is 13.6. The fourth-order valence-corrected chi connectivity index (χ4v) is 2.67. The molecular weight excluding hydrogens is 266 g/mol. The lowest BCUT2D eigenvalue weighted by molar-refractivity contribution is 0.688. The van der Waals surface area contributed by atoms with Crippen LogP contribution in [0.5, 0.6) is 0 Å². The average molecular weight is 286 g/mol. The molecule has 20 heavy (non-hydrogen) atoms. The number of benzene rings is 2. The summed E-state index contributed by atoms with van der Waals surface area (Å²) in [6.07, 6.45) is 2.63. The van der Waals surface area contributed by atoms with E-state index < -0.39 is 0 Å². The number of aryl methyl sites for hydroxylation is 2. The SMILES string of the molecule is Cc1ccc(-c2ccc(CNC3CC3)cc2Cl)cc1C. The highest BCUT2D eigenvalue weighted by atomic mass is 35.5. The Hall–Kier alpha value is -1.31. The van der Waals surface area contributed by atoms with Gasteiger partial charge in [-0.25, -0.2) is 0 Å². The zero-order valence-corrected chi connectivity index (χ0v) is 12.8. The summed E-state index contributed by atoms with van der Waals surface area (Å²) in [5, 5.41) is 4.35. The summed E-state index contributed by atoms with van der Waals surface area (Å²) in [6.45, 7) is 5.19. The molecule has 1 aliphatic rings. The van der Waals surface area contributed by atoms with E-state index in [1.54, 1.807) is 0 Å². The van der Waals surface area contributed by atoms with Crippen LogP contribution in [-0.2, 0) is 6.54 Å². The van der Waals surface area contributed by atoms with E-state index >= 15 is 0 Å². The monoisotopic (exact) mass is 285 g/mol. The molecule has 0 atom stereocenters. The Morgan fingerprint density at radius 2 is 1.85 bits per heavy atom. The van der Waals surface area contributed by atoms with Gasteiger partial charge in [-0.2, -0.15) is 0 Å². The maximum absolute atomic E-state index is 6.46. The first kappa shape index (κ1) is 13.7. The summed E-state index contributed by atoms with van der Waals surface area (Å²) in [7, 11) is 0. The van der Waals surface area contributed by atoms with Gasteiger partial charge in [-0.05, 0) is 55.0 Å². The Kier molecular flexibility index (Phi) is 3.82. The van der Waals surface area contributed by atoms with Crippen molar-refractivity contribution in [2.75, 3.05) is 0 Å². The predicted octanol–water partition coefficient (Wildman–Crippen LogP) is 4.88. The molecule has 2 aromatic carbocycles. The molecule has 0 aliphatic heterocycles. The van der Waals surface area contributed by atoms with Gasteiger partial charge in [-0.3, -0.25) is 0 Å². The zero-order valence-electron chi connectivity index (χ0n) is 12.0. The average Bonchev–Trinajstić information content (AvgIpc) is 3.24. The van der Waals surface area contributed by atoms with Gasteiger partial charge in [0.15, 0.2) is 0 Å². The van der Waals surface area contributed by atoms with Crippen LogP contribution in [-0.4, -0.2) is 6.04 Å². The van der Waals surface area contributed by atoms with Crippen LogP contribution in [0.1, 0.15) is 29.5 Å². The molecule has 1 nitrogen and oxygen atoms in total. The fourth-order valence-electron chi connectivity index (χ4n) is 2.36. The van der Waals surface area contributed by atoms with Gasteiger partial charge >= 0.3 is 0 Å².